The van der Waals surface area contributed by atoms with Gasteiger partial charge in [-0.2, -0.15) is 8.42 Å². The Morgan fingerprint density at radius 1 is 1.10 bits per heavy atom. The molecule has 0 bridgehead atoms. The highest BCUT2D eigenvalue weighted by Gasteiger charge is 2.14. The van der Waals surface area contributed by atoms with Crippen molar-refractivity contribution in [2.75, 3.05) is 0 Å². The minimum absolute atomic E-state index is 0.0208. The van der Waals surface area contributed by atoms with Gasteiger partial charge >= 0.3 is 5.97 Å². The molecule has 0 saturated carbocycles. The van der Waals surface area contributed by atoms with Crippen LogP contribution in [0.5, 0.6) is 0 Å². The van der Waals surface area contributed by atoms with E-state index in [9.17, 15) is 13.2 Å². The average molecular weight is 317 g/mol. The molecular formula is C14H23NO5S. The van der Waals surface area contributed by atoms with Crippen LogP contribution in [0.25, 0.3) is 0 Å². The Balaban J connectivity index is 0.000000433. The number of hydrogen-bond acceptors (Lipinski definition) is 4. The van der Waals surface area contributed by atoms with Gasteiger partial charge in [-0.1, -0.05) is 39.8 Å². The molecule has 120 valence electrons. The first-order valence-corrected chi connectivity index (χ1v) is 7.96. The molecule has 0 fully saturated rings. The molecule has 0 amide bonds. The molecule has 6 nitrogen and oxygen atoms in total. The van der Waals surface area contributed by atoms with Crippen LogP contribution >= 0.6 is 0 Å². The summed E-state index contributed by atoms with van der Waals surface area (Å²) in [6.45, 7) is 7.59. The van der Waals surface area contributed by atoms with Crippen LogP contribution in [-0.2, 0) is 14.9 Å². The minimum Gasteiger partial charge on any atom is -0.480 e. The van der Waals surface area contributed by atoms with Gasteiger partial charge in [-0.15, -0.1) is 0 Å². The van der Waals surface area contributed by atoms with E-state index in [1.807, 2.05) is 13.8 Å². The molecule has 0 aliphatic carbocycles. The van der Waals surface area contributed by atoms with E-state index < -0.39 is 22.1 Å². The van der Waals surface area contributed by atoms with Crippen LogP contribution in [0, 0.1) is 5.92 Å². The van der Waals surface area contributed by atoms with Gasteiger partial charge in [-0.25, -0.2) is 0 Å². The van der Waals surface area contributed by atoms with E-state index in [1.54, 1.807) is 26.0 Å². The predicted molar refractivity (Wildman–Crippen MR) is 80.8 cm³/mol. The summed E-state index contributed by atoms with van der Waals surface area (Å²) in [6, 6.07) is 5.51. The molecule has 1 aromatic rings. The molecule has 0 saturated heterocycles. The van der Waals surface area contributed by atoms with E-state index in [0.29, 0.717) is 5.92 Å². The molecule has 1 rings (SSSR count). The van der Waals surface area contributed by atoms with Crippen LogP contribution in [0.4, 0.5) is 0 Å². The van der Waals surface area contributed by atoms with E-state index in [-0.39, 0.29) is 10.8 Å². The van der Waals surface area contributed by atoms with Crippen LogP contribution < -0.4 is 5.73 Å². The third-order valence-electron chi connectivity index (χ3n) is 2.85. The fourth-order valence-corrected chi connectivity index (χ4v) is 1.79. The second-order valence-electron chi connectivity index (χ2n) is 5.31. The van der Waals surface area contributed by atoms with Crippen molar-refractivity contribution in [3.05, 3.63) is 29.8 Å². The average Bonchev–Trinajstić information content (AvgIpc) is 2.37. The number of nitrogens with two attached hydrogens (primary N) is 1. The standard InChI is InChI=1S/C9H12O3S.C5H11NO2/c1-7(2)8-3-5-9(6-4-8)13(10,11)12;1-3(2)4(6)5(7)8/h3-7H,1-2H3,(H,10,11,12);3-4H,6H2,1-2H3,(H,7,8)/t;4-/m.1/s1. The molecule has 21 heavy (non-hydrogen) atoms. The maximum Gasteiger partial charge on any atom is 0.320 e. The Morgan fingerprint density at radius 2 is 1.52 bits per heavy atom. The summed E-state index contributed by atoms with van der Waals surface area (Å²) in [7, 11) is -4.05. The third kappa shape index (κ3) is 7.22. The van der Waals surface area contributed by atoms with E-state index in [1.165, 1.54) is 12.1 Å². The summed E-state index contributed by atoms with van der Waals surface area (Å²) >= 11 is 0. The van der Waals surface area contributed by atoms with Gasteiger partial charge < -0.3 is 10.8 Å². The van der Waals surface area contributed by atoms with Crippen molar-refractivity contribution in [3.8, 4) is 0 Å². The number of carbonyl (C=O) groups is 1. The maximum atomic E-state index is 10.7. The summed E-state index contributed by atoms with van der Waals surface area (Å²) in [5, 5.41) is 8.23. The maximum absolute atomic E-state index is 10.7. The highest BCUT2D eigenvalue weighted by molar-refractivity contribution is 7.85. The second-order valence-corrected chi connectivity index (χ2v) is 6.73. The quantitative estimate of drug-likeness (QED) is 0.732. The van der Waals surface area contributed by atoms with Crippen LogP contribution in [0.1, 0.15) is 39.2 Å². The number of carboxylic acids is 1. The van der Waals surface area contributed by atoms with Crippen molar-refractivity contribution < 1.29 is 22.9 Å². The first-order chi connectivity index (χ1) is 9.46. The van der Waals surface area contributed by atoms with Crippen molar-refractivity contribution in [2.45, 2.75) is 44.6 Å². The zero-order chi connectivity index (χ0) is 16.8. The zero-order valence-electron chi connectivity index (χ0n) is 12.6. The summed E-state index contributed by atoms with van der Waals surface area (Å²) in [5.41, 5.74) is 6.21. The molecule has 0 spiro atoms. The topological polar surface area (TPSA) is 118 Å². The fourth-order valence-electron chi connectivity index (χ4n) is 1.31. The number of aliphatic carboxylic acids is 1. The van der Waals surface area contributed by atoms with Gasteiger partial charge in [0, 0.05) is 0 Å². The monoisotopic (exact) mass is 317 g/mol. The molecule has 0 aliphatic heterocycles. The molecule has 1 atom stereocenters. The van der Waals surface area contributed by atoms with Gasteiger partial charge in [0.2, 0.25) is 0 Å². The van der Waals surface area contributed by atoms with Crippen molar-refractivity contribution in [1.29, 1.82) is 0 Å². The van der Waals surface area contributed by atoms with E-state index >= 15 is 0 Å². The van der Waals surface area contributed by atoms with Crippen molar-refractivity contribution in [3.63, 3.8) is 0 Å². The van der Waals surface area contributed by atoms with E-state index in [2.05, 4.69) is 0 Å². The first-order valence-electron chi connectivity index (χ1n) is 6.52. The Labute approximate surface area is 125 Å². The van der Waals surface area contributed by atoms with Gasteiger partial charge in [0.25, 0.3) is 10.1 Å². The highest BCUT2D eigenvalue weighted by Crippen LogP contribution is 2.16. The summed E-state index contributed by atoms with van der Waals surface area (Å²) < 4.78 is 30.0. The SMILES string of the molecule is CC(C)[C@@H](N)C(=O)O.CC(C)c1ccc(S(=O)(=O)O)cc1. The largest absolute Gasteiger partial charge is 0.480 e. The van der Waals surface area contributed by atoms with E-state index in [0.717, 1.165) is 5.56 Å². The lowest BCUT2D eigenvalue weighted by Gasteiger charge is -2.07. The number of rotatable bonds is 4. The first kappa shape index (κ1) is 19.6. The molecule has 4 N–H and O–H groups in total. The summed E-state index contributed by atoms with van der Waals surface area (Å²) in [6.07, 6.45) is 0. The molecular weight excluding hydrogens is 294 g/mol. The number of hydrogen-bond donors (Lipinski definition) is 3. The van der Waals surface area contributed by atoms with Gasteiger partial charge in [0.05, 0.1) is 4.90 Å². The van der Waals surface area contributed by atoms with Crippen LogP contribution in [0.15, 0.2) is 29.2 Å². The normalized spacial score (nSPS) is 12.8. The van der Waals surface area contributed by atoms with Gasteiger partial charge in [-0.05, 0) is 29.5 Å². The second kappa shape index (κ2) is 8.11. The van der Waals surface area contributed by atoms with Crippen LogP contribution in [0.3, 0.4) is 0 Å². The van der Waals surface area contributed by atoms with Crippen molar-refractivity contribution in [2.24, 2.45) is 11.7 Å². The number of carboxylic acid groups (broad SMARTS) is 1. The molecule has 0 radical (unpaired) electrons. The lowest BCUT2D eigenvalue weighted by Crippen LogP contribution is -2.34. The Morgan fingerprint density at radius 3 is 1.71 bits per heavy atom. The van der Waals surface area contributed by atoms with E-state index in [4.69, 9.17) is 15.4 Å². The lowest BCUT2D eigenvalue weighted by molar-refractivity contribution is -0.139. The van der Waals surface area contributed by atoms with Crippen molar-refractivity contribution >= 4 is 16.1 Å². The Hall–Kier alpha value is -1.44. The molecule has 0 aromatic heterocycles. The third-order valence-corrected chi connectivity index (χ3v) is 3.72. The molecule has 0 heterocycles. The number of benzene rings is 1. The molecule has 0 unspecified atom stereocenters. The molecule has 7 heteroatoms. The zero-order valence-corrected chi connectivity index (χ0v) is 13.5. The van der Waals surface area contributed by atoms with Crippen molar-refractivity contribution in [1.82, 2.24) is 0 Å². The Kier molecular flexibility index (Phi) is 7.56. The molecule has 0 aliphatic rings. The lowest BCUT2D eigenvalue weighted by atomic mass is 10.0. The van der Waals surface area contributed by atoms with Crippen LogP contribution in [-0.4, -0.2) is 30.1 Å². The van der Waals surface area contributed by atoms with Crippen LogP contribution in [0.2, 0.25) is 0 Å². The molecule has 1 aromatic carbocycles. The highest BCUT2D eigenvalue weighted by atomic mass is 32.2. The summed E-state index contributed by atoms with van der Waals surface area (Å²) in [5.74, 6) is -0.553. The predicted octanol–water partition coefficient (Wildman–Crippen LogP) is 2.11. The fraction of sp³-hybridized carbons (Fsp3) is 0.500. The minimum atomic E-state index is -4.05. The smallest absolute Gasteiger partial charge is 0.320 e. The van der Waals surface area contributed by atoms with Gasteiger partial charge in [0.1, 0.15) is 6.04 Å². The van der Waals surface area contributed by atoms with Gasteiger partial charge in [-0.3, -0.25) is 9.35 Å². The van der Waals surface area contributed by atoms with Gasteiger partial charge in [0.15, 0.2) is 0 Å². The Bertz CT molecular complexity index is 549. The summed E-state index contributed by atoms with van der Waals surface area (Å²) in [4.78, 5) is 9.96.